The summed E-state index contributed by atoms with van der Waals surface area (Å²) < 4.78 is 0. The standard InChI is InChI=1S/C6H11ClO/c1-3-5(2)4-6(7)8/h5H,3-4H2,1-2H3. The van der Waals surface area contributed by atoms with E-state index in [2.05, 4.69) is 0 Å². The van der Waals surface area contributed by atoms with E-state index in [0.717, 1.165) is 6.42 Å². The molecule has 0 saturated heterocycles. The fraction of sp³-hybridized carbons (Fsp3) is 0.833. The van der Waals surface area contributed by atoms with Gasteiger partial charge >= 0.3 is 0 Å². The van der Waals surface area contributed by atoms with Crippen LogP contribution in [0.5, 0.6) is 0 Å². The third-order valence-corrected chi connectivity index (χ3v) is 1.36. The Labute approximate surface area is 55.0 Å². The Hall–Kier alpha value is -0.0400. The van der Waals surface area contributed by atoms with Crippen LogP contribution in [0.2, 0.25) is 0 Å². The monoisotopic (exact) mass is 134 g/mol. The van der Waals surface area contributed by atoms with Crippen LogP contribution >= 0.6 is 11.6 Å². The molecule has 0 N–H and O–H groups in total. The summed E-state index contributed by atoms with van der Waals surface area (Å²) in [5, 5.41) is -0.223. The fourth-order valence-corrected chi connectivity index (χ4v) is 0.682. The maximum atomic E-state index is 10.2. The van der Waals surface area contributed by atoms with Crippen molar-refractivity contribution >= 4 is 16.8 Å². The SMILES string of the molecule is CCC(C)CC(=O)Cl. The van der Waals surface area contributed by atoms with E-state index in [0.29, 0.717) is 12.3 Å². The second-order valence-electron chi connectivity index (χ2n) is 2.07. The van der Waals surface area contributed by atoms with Crippen LogP contribution in [0, 0.1) is 5.92 Å². The molecule has 1 atom stereocenters. The van der Waals surface area contributed by atoms with E-state index in [9.17, 15) is 4.79 Å². The lowest BCUT2D eigenvalue weighted by Crippen LogP contribution is -1.96. The molecule has 48 valence electrons. The van der Waals surface area contributed by atoms with E-state index < -0.39 is 0 Å². The van der Waals surface area contributed by atoms with Gasteiger partial charge in [0.25, 0.3) is 0 Å². The van der Waals surface area contributed by atoms with Gasteiger partial charge in [0.05, 0.1) is 0 Å². The maximum Gasteiger partial charge on any atom is 0.221 e. The minimum Gasteiger partial charge on any atom is -0.281 e. The Morgan fingerprint density at radius 2 is 2.25 bits per heavy atom. The highest BCUT2D eigenvalue weighted by atomic mass is 35.5. The zero-order chi connectivity index (χ0) is 6.57. The number of carbonyl (C=O) groups excluding carboxylic acids is 1. The highest BCUT2D eigenvalue weighted by Gasteiger charge is 2.02. The van der Waals surface area contributed by atoms with Crippen molar-refractivity contribution in [2.24, 2.45) is 5.92 Å². The number of halogens is 1. The average Bonchev–Trinajstić information content (AvgIpc) is 1.65. The molecule has 0 aliphatic carbocycles. The van der Waals surface area contributed by atoms with Gasteiger partial charge in [-0.1, -0.05) is 20.3 Å². The van der Waals surface area contributed by atoms with Crippen LogP contribution in [-0.2, 0) is 4.79 Å². The Morgan fingerprint density at radius 1 is 1.75 bits per heavy atom. The van der Waals surface area contributed by atoms with Crippen molar-refractivity contribution in [3.63, 3.8) is 0 Å². The first kappa shape index (κ1) is 7.96. The Bertz CT molecular complexity index is 80.6. The number of hydrogen-bond donors (Lipinski definition) is 0. The largest absolute Gasteiger partial charge is 0.281 e. The molecule has 0 fully saturated rings. The Kier molecular flexibility index (Phi) is 3.88. The first-order valence-electron chi connectivity index (χ1n) is 2.85. The molecule has 0 heterocycles. The lowest BCUT2D eigenvalue weighted by molar-refractivity contribution is -0.112. The summed E-state index contributed by atoms with van der Waals surface area (Å²) in [6.45, 7) is 4.06. The van der Waals surface area contributed by atoms with Gasteiger partial charge in [-0.05, 0) is 17.5 Å². The molecule has 0 rings (SSSR count). The van der Waals surface area contributed by atoms with Crippen molar-refractivity contribution in [2.45, 2.75) is 26.7 Å². The highest BCUT2D eigenvalue weighted by molar-refractivity contribution is 6.63. The summed E-state index contributed by atoms with van der Waals surface area (Å²) in [5.74, 6) is 0.444. The number of rotatable bonds is 3. The number of carbonyl (C=O) groups is 1. The van der Waals surface area contributed by atoms with Crippen molar-refractivity contribution in [3.8, 4) is 0 Å². The summed E-state index contributed by atoms with van der Waals surface area (Å²) in [6.07, 6.45) is 1.54. The molecule has 0 amide bonds. The molecule has 1 nitrogen and oxygen atoms in total. The van der Waals surface area contributed by atoms with E-state index in [4.69, 9.17) is 11.6 Å². The molecule has 8 heavy (non-hydrogen) atoms. The molecule has 0 spiro atoms. The first-order chi connectivity index (χ1) is 3.66. The molecule has 2 heteroatoms. The van der Waals surface area contributed by atoms with Crippen LogP contribution in [0.1, 0.15) is 26.7 Å². The van der Waals surface area contributed by atoms with E-state index in [-0.39, 0.29) is 5.24 Å². The molecule has 0 aromatic carbocycles. The second-order valence-corrected chi connectivity index (χ2v) is 2.49. The van der Waals surface area contributed by atoms with Crippen molar-refractivity contribution in [1.29, 1.82) is 0 Å². The lowest BCUT2D eigenvalue weighted by atomic mass is 10.1. The average molecular weight is 135 g/mol. The molecule has 0 aromatic heterocycles. The molecule has 0 aliphatic rings. The normalized spacial score (nSPS) is 13.4. The van der Waals surface area contributed by atoms with Gasteiger partial charge < -0.3 is 0 Å². The predicted molar refractivity (Wildman–Crippen MR) is 34.9 cm³/mol. The molecular weight excluding hydrogens is 124 g/mol. The smallest absolute Gasteiger partial charge is 0.221 e. The van der Waals surface area contributed by atoms with Gasteiger partial charge in [-0.25, -0.2) is 0 Å². The van der Waals surface area contributed by atoms with E-state index in [1.165, 1.54) is 0 Å². The van der Waals surface area contributed by atoms with Gasteiger partial charge in [-0.3, -0.25) is 4.79 Å². The highest BCUT2D eigenvalue weighted by Crippen LogP contribution is 2.07. The second kappa shape index (κ2) is 3.90. The van der Waals surface area contributed by atoms with Crippen molar-refractivity contribution in [2.75, 3.05) is 0 Å². The lowest BCUT2D eigenvalue weighted by Gasteiger charge is -2.00. The summed E-state index contributed by atoms with van der Waals surface area (Å²) in [6, 6.07) is 0. The minimum absolute atomic E-state index is 0.223. The summed E-state index contributed by atoms with van der Waals surface area (Å²) in [7, 11) is 0. The van der Waals surface area contributed by atoms with Gasteiger partial charge in [-0.2, -0.15) is 0 Å². The third kappa shape index (κ3) is 4.13. The zero-order valence-electron chi connectivity index (χ0n) is 5.28. The minimum atomic E-state index is -0.223. The molecule has 0 bridgehead atoms. The van der Waals surface area contributed by atoms with Gasteiger partial charge in [0.2, 0.25) is 5.24 Å². The molecule has 0 radical (unpaired) electrons. The van der Waals surface area contributed by atoms with Crippen LogP contribution in [0.3, 0.4) is 0 Å². The quantitative estimate of drug-likeness (QED) is 0.541. The maximum absolute atomic E-state index is 10.2. The molecular formula is C6H11ClO. The van der Waals surface area contributed by atoms with Crippen LogP contribution in [0.25, 0.3) is 0 Å². The molecule has 1 unspecified atom stereocenters. The molecule has 0 aromatic rings. The van der Waals surface area contributed by atoms with Gasteiger partial charge in [0, 0.05) is 6.42 Å². The van der Waals surface area contributed by atoms with E-state index >= 15 is 0 Å². The van der Waals surface area contributed by atoms with Crippen molar-refractivity contribution in [3.05, 3.63) is 0 Å². The first-order valence-corrected chi connectivity index (χ1v) is 3.23. The van der Waals surface area contributed by atoms with Crippen molar-refractivity contribution in [1.82, 2.24) is 0 Å². The Balaban J connectivity index is 3.24. The third-order valence-electron chi connectivity index (χ3n) is 1.21. The summed E-state index contributed by atoms with van der Waals surface area (Å²) >= 11 is 5.11. The molecule has 0 saturated carbocycles. The summed E-state index contributed by atoms with van der Waals surface area (Å²) in [5.41, 5.74) is 0. The van der Waals surface area contributed by atoms with Gasteiger partial charge in [0.15, 0.2) is 0 Å². The van der Waals surface area contributed by atoms with Crippen LogP contribution in [0.15, 0.2) is 0 Å². The zero-order valence-corrected chi connectivity index (χ0v) is 6.03. The number of hydrogen-bond acceptors (Lipinski definition) is 1. The van der Waals surface area contributed by atoms with Crippen LogP contribution in [-0.4, -0.2) is 5.24 Å². The molecule has 0 aliphatic heterocycles. The van der Waals surface area contributed by atoms with E-state index in [1.54, 1.807) is 0 Å². The van der Waals surface area contributed by atoms with Crippen molar-refractivity contribution < 1.29 is 4.79 Å². The van der Waals surface area contributed by atoms with Gasteiger partial charge in [0.1, 0.15) is 0 Å². The van der Waals surface area contributed by atoms with E-state index in [1.807, 2.05) is 13.8 Å². The summed E-state index contributed by atoms with van der Waals surface area (Å²) in [4.78, 5) is 10.2. The topological polar surface area (TPSA) is 17.1 Å². The van der Waals surface area contributed by atoms with Crippen LogP contribution in [0.4, 0.5) is 0 Å². The van der Waals surface area contributed by atoms with Crippen LogP contribution < -0.4 is 0 Å². The fourth-order valence-electron chi connectivity index (χ4n) is 0.418. The van der Waals surface area contributed by atoms with Gasteiger partial charge in [-0.15, -0.1) is 0 Å². The Morgan fingerprint density at radius 3 is 2.38 bits per heavy atom. The predicted octanol–water partition coefficient (Wildman–Crippen LogP) is 2.19.